The van der Waals surface area contributed by atoms with Gasteiger partial charge in [0.2, 0.25) is 0 Å². The molecule has 0 amide bonds. The highest BCUT2D eigenvalue weighted by Gasteiger charge is 2.22. The van der Waals surface area contributed by atoms with Crippen LogP contribution < -0.4 is 0 Å². The molecule has 0 atom stereocenters. The lowest BCUT2D eigenvalue weighted by atomic mass is 10.1. The molecule has 0 aliphatic rings. The van der Waals surface area contributed by atoms with Crippen LogP contribution in [0.15, 0.2) is 0 Å². The van der Waals surface area contributed by atoms with Gasteiger partial charge < -0.3 is 18.4 Å². The maximum Gasteiger partial charge on any atom is 0.128 e. The Balaban J connectivity index is 3.58. The monoisotopic (exact) mass is 543 g/mol. The lowest BCUT2D eigenvalue weighted by Gasteiger charge is -2.36. The van der Waals surface area contributed by atoms with Gasteiger partial charge in [0.15, 0.2) is 0 Å². The third-order valence-electron chi connectivity index (χ3n) is 8.03. The molecule has 0 aromatic heterocycles. The van der Waals surface area contributed by atoms with Gasteiger partial charge in [0.1, 0.15) is 13.1 Å². The van der Waals surface area contributed by atoms with Crippen LogP contribution in [0.3, 0.4) is 0 Å². The van der Waals surface area contributed by atoms with E-state index in [-0.39, 0.29) is 0 Å². The molecule has 0 saturated carbocycles. The summed E-state index contributed by atoms with van der Waals surface area (Å²) < 4.78 is 13.6. The number of quaternary nitrogens is 2. The molecule has 0 heterocycles. The zero-order valence-electron chi connectivity index (χ0n) is 27.8. The van der Waals surface area contributed by atoms with Crippen LogP contribution in [0, 0.1) is 0 Å². The van der Waals surface area contributed by atoms with E-state index < -0.39 is 0 Å². The molecule has 0 rings (SSSR count). The molecular weight excluding hydrogens is 468 g/mol. The summed E-state index contributed by atoms with van der Waals surface area (Å²) in [6, 6.07) is 0. The second-order valence-electron chi connectivity index (χ2n) is 14.0. The van der Waals surface area contributed by atoms with E-state index in [1.54, 1.807) is 0 Å². The Morgan fingerprint density at radius 3 is 0.842 bits per heavy atom. The maximum atomic E-state index is 5.62. The fourth-order valence-corrected chi connectivity index (χ4v) is 5.16. The van der Waals surface area contributed by atoms with Crippen molar-refractivity contribution in [3.05, 3.63) is 0 Å². The maximum absolute atomic E-state index is 5.62. The van der Waals surface area contributed by atoms with Gasteiger partial charge >= 0.3 is 0 Å². The summed E-state index contributed by atoms with van der Waals surface area (Å²) in [6.45, 7) is 15.7. The molecule has 0 aliphatic heterocycles. The third kappa shape index (κ3) is 28.8. The van der Waals surface area contributed by atoms with Gasteiger partial charge in [-0.05, 0) is 66.2 Å². The van der Waals surface area contributed by atoms with Gasteiger partial charge in [-0.2, -0.15) is 0 Å². The number of rotatable bonds is 29. The minimum Gasteiger partial charge on any atom is -0.379 e. The molecule has 0 aromatic carbocycles. The van der Waals surface area contributed by atoms with Crippen LogP contribution in [0.2, 0.25) is 0 Å². The Morgan fingerprint density at radius 1 is 0.342 bits per heavy atom. The summed E-state index contributed by atoms with van der Waals surface area (Å²) >= 11 is 0. The molecule has 0 spiro atoms. The summed E-state index contributed by atoms with van der Waals surface area (Å²) in [6.07, 6.45) is 25.6. The summed E-state index contributed by atoms with van der Waals surface area (Å²) in [5.41, 5.74) is 0. The molecule has 0 unspecified atom stereocenters. The molecule has 4 heteroatoms. The van der Waals surface area contributed by atoms with Gasteiger partial charge in [0, 0.05) is 13.2 Å². The predicted molar refractivity (Wildman–Crippen MR) is 169 cm³/mol. The van der Waals surface area contributed by atoms with Gasteiger partial charge in [-0.1, -0.05) is 77.0 Å². The summed E-state index contributed by atoms with van der Waals surface area (Å²) in [5, 5.41) is 0. The molecule has 38 heavy (non-hydrogen) atoms. The number of hydrogen-bond donors (Lipinski definition) is 0. The fraction of sp³-hybridized carbons (Fsp3) is 1.00. The molecular formula is C34H74N2O2+2. The van der Waals surface area contributed by atoms with Gasteiger partial charge in [-0.25, -0.2) is 0 Å². The minimum atomic E-state index is 0.384. The molecule has 0 bridgehead atoms. The number of ether oxygens (including phenoxy) is 2. The van der Waals surface area contributed by atoms with Crippen molar-refractivity contribution in [2.45, 2.75) is 155 Å². The van der Waals surface area contributed by atoms with E-state index in [4.69, 9.17) is 9.47 Å². The first-order valence-electron chi connectivity index (χ1n) is 16.9. The first-order valence-corrected chi connectivity index (χ1v) is 16.9. The average molecular weight is 543 g/mol. The Bertz CT molecular complexity index is 447. The zero-order valence-corrected chi connectivity index (χ0v) is 27.8. The molecule has 0 fully saturated rings. The lowest BCUT2D eigenvalue weighted by molar-refractivity contribution is -0.946. The van der Waals surface area contributed by atoms with Crippen molar-refractivity contribution in [1.29, 1.82) is 0 Å². The van der Waals surface area contributed by atoms with E-state index in [1.165, 1.54) is 151 Å². The highest BCUT2D eigenvalue weighted by molar-refractivity contribution is 4.50. The van der Waals surface area contributed by atoms with Crippen LogP contribution >= 0.6 is 0 Å². The first-order chi connectivity index (χ1) is 18.0. The van der Waals surface area contributed by atoms with Gasteiger partial charge in [0.05, 0.1) is 53.5 Å². The van der Waals surface area contributed by atoms with Gasteiger partial charge in [-0.15, -0.1) is 0 Å². The van der Waals surface area contributed by atoms with Crippen LogP contribution in [0.5, 0.6) is 0 Å². The number of hydrogen-bond acceptors (Lipinski definition) is 2. The summed E-state index contributed by atoms with van der Waals surface area (Å²) in [7, 11) is 9.78. The average Bonchev–Trinajstić information content (AvgIpc) is 2.84. The summed E-state index contributed by atoms with van der Waals surface area (Å²) in [4.78, 5) is 0. The zero-order chi connectivity index (χ0) is 28.5. The highest BCUT2D eigenvalue weighted by atomic mass is 16.5. The van der Waals surface area contributed by atoms with Crippen molar-refractivity contribution in [3.63, 3.8) is 0 Å². The van der Waals surface area contributed by atoms with E-state index in [2.05, 4.69) is 55.9 Å². The van der Waals surface area contributed by atoms with Crippen LogP contribution in [0.1, 0.15) is 143 Å². The lowest BCUT2D eigenvalue weighted by Crippen LogP contribution is -2.51. The van der Waals surface area contributed by atoms with Crippen molar-refractivity contribution >= 4 is 0 Å². The van der Waals surface area contributed by atoms with E-state index in [0.29, 0.717) is 12.2 Å². The Hall–Kier alpha value is -0.160. The van der Waals surface area contributed by atoms with Crippen LogP contribution in [-0.2, 0) is 9.47 Å². The minimum absolute atomic E-state index is 0.384. The second-order valence-corrected chi connectivity index (χ2v) is 14.0. The van der Waals surface area contributed by atoms with Crippen molar-refractivity contribution < 1.29 is 18.4 Å². The first kappa shape index (κ1) is 37.8. The Kier molecular flexibility index (Phi) is 24.5. The van der Waals surface area contributed by atoms with Crippen LogP contribution in [0.4, 0.5) is 0 Å². The highest BCUT2D eigenvalue weighted by Crippen LogP contribution is 2.14. The fourth-order valence-electron chi connectivity index (χ4n) is 5.16. The van der Waals surface area contributed by atoms with Crippen molar-refractivity contribution in [2.24, 2.45) is 0 Å². The standard InChI is InChI=1S/C34H74N2O2/c1-33(2)37-31-25-21-17-13-9-11-15-19-23-27-35(5,6)29-30-36(7,8)28-24-20-16-12-10-14-18-22-26-32-38-34(3)4/h33-34H,9-32H2,1-8H3/q+2. The van der Waals surface area contributed by atoms with E-state index >= 15 is 0 Å². The largest absolute Gasteiger partial charge is 0.379 e. The molecule has 0 aromatic rings. The number of likely N-dealkylation sites (N-methyl/N-ethyl adjacent to an activating group) is 2. The van der Waals surface area contributed by atoms with Crippen LogP contribution in [-0.4, -0.2) is 88.8 Å². The topological polar surface area (TPSA) is 18.5 Å². The van der Waals surface area contributed by atoms with Gasteiger partial charge in [-0.3, -0.25) is 0 Å². The van der Waals surface area contributed by atoms with Gasteiger partial charge in [0.25, 0.3) is 0 Å². The van der Waals surface area contributed by atoms with Crippen molar-refractivity contribution in [3.8, 4) is 0 Å². The Labute approximate surface area is 241 Å². The predicted octanol–water partition coefficient (Wildman–Crippen LogP) is 9.01. The molecule has 0 N–H and O–H groups in total. The van der Waals surface area contributed by atoms with Crippen LogP contribution in [0.25, 0.3) is 0 Å². The van der Waals surface area contributed by atoms with E-state index in [0.717, 1.165) is 13.2 Å². The molecule has 0 aliphatic carbocycles. The molecule has 230 valence electrons. The smallest absolute Gasteiger partial charge is 0.128 e. The van der Waals surface area contributed by atoms with Crippen molar-refractivity contribution in [1.82, 2.24) is 0 Å². The number of nitrogens with zero attached hydrogens (tertiary/aromatic N) is 2. The van der Waals surface area contributed by atoms with E-state index in [9.17, 15) is 0 Å². The SMILES string of the molecule is CC(C)OCCCCCCCCCCC[N+](C)(C)CC[N+](C)(C)CCCCCCCCCCCOC(C)C. The summed E-state index contributed by atoms with van der Waals surface area (Å²) in [5.74, 6) is 0. The molecule has 0 saturated heterocycles. The number of unbranched alkanes of at least 4 members (excludes halogenated alkanes) is 16. The molecule has 4 nitrogen and oxygen atoms in total. The van der Waals surface area contributed by atoms with E-state index in [1.807, 2.05) is 0 Å². The quantitative estimate of drug-likeness (QED) is 0.0693. The third-order valence-corrected chi connectivity index (χ3v) is 8.03. The Morgan fingerprint density at radius 2 is 0.579 bits per heavy atom. The normalized spacial score (nSPS) is 12.8. The van der Waals surface area contributed by atoms with Crippen molar-refractivity contribution in [2.75, 3.05) is 67.6 Å². The molecule has 0 radical (unpaired) electrons. The second kappa shape index (κ2) is 24.6.